The Balaban J connectivity index is 1.82. The van der Waals surface area contributed by atoms with Gasteiger partial charge in [0.1, 0.15) is 11.5 Å². The van der Waals surface area contributed by atoms with E-state index in [1.165, 1.54) is 24.3 Å². The van der Waals surface area contributed by atoms with Crippen LogP contribution in [0.25, 0.3) is 5.57 Å². The Hall–Kier alpha value is -3.44. The lowest BCUT2D eigenvalue weighted by molar-refractivity contribution is -0.120. The van der Waals surface area contributed by atoms with Gasteiger partial charge in [0.15, 0.2) is 0 Å². The number of hydrogen-bond acceptors (Lipinski definition) is 3. The maximum Gasteiger partial charge on any atom is 0.282 e. The quantitative estimate of drug-likeness (QED) is 0.567. The number of nitrogens with one attached hydrogen (secondary N) is 1. The van der Waals surface area contributed by atoms with Crippen molar-refractivity contribution in [1.29, 1.82) is 0 Å². The second-order valence-electron chi connectivity index (χ2n) is 7.13. The molecule has 0 fully saturated rings. The number of nitrogens with zero attached hydrogens (tertiary/aromatic N) is 1. The van der Waals surface area contributed by atoms with E-state index < -0.39 is 17.6 Å². The molecule has 0 bridgehead atoms. The van der Waals surface area contributed by atoms with E-state index in [1.54, 1.807) is 24.3 Å². The fraction of sp³-hybridized carbons (Fsp3) is 0.0833. The van der Waals surface area contributed by atoms with E-state index in [2.05, 4.69) is 5.32 Å². The summed E-state index contributed by atoms with van der Waals surface area (Å²) in [5.74, 6) is -1.44. The summed E-state index contributed by atoms with van der Waals surface area (Å²) >= 11 is 6.22. The molecule has 4 rings (SSSR count). The summed E-state index contributed by atoms with van der Waals surface area (Å²) < 4.78 is 13.4. The number of anilines is 2. The van der Waals surface area contributed by atoms with Crippen LogP contribution in [-0.2, 0) is 9.59 Å². The third-order valence-electron chi connectivity index (χ3n) is 4.95. The number of amides is 2. The Kier molecular flexibility index (Phi) is 5.14. The van der Waals surface area contributed by atoms with Crippen LogP contribution in [0.3, 0.4) is 0 Å². The maximum atomic E-state index is 13.4. The average Bonchev–Trinajstić information content (AvgIpc) is 2.96. The Bertz CT molecular complexity index is 1180. The van der Waals surface area contributed by atoms with Crippen molar-refractivity contribution in [1.82, 2.24) is 0 Å². The van der Waals surface area contributed by atoms with E-state index in [-0.39, 0.29) is 11.3 Å². The van der Waals surface area contributed by atoms with Crippen molar-refractivity contribution >= 4 is 40.4 Å². The summed E-state index contributed by atoms with van der Waals surface area (Å²) in [4.78, 5) is 27.6. The van der Waals surface area contributed by atoms with Crippen LogP contribution in [-0.4, -0.2) is 11.8 Å². The van der Waals surface area contributed by atoms with E-state index >= 15 is 0 Å². The maximum absolute atomic E-state index is 13.4. The number of halogens is 2. The van der Waals surface area contributed by atoms with Crippen LogP contribution in [0, 0.1) is 19.7 Å². The first-order valence-electron chi connectivity index (χ1n) is 9.34. The molecule has 0 radical (unpaired) electrons. The Labute approximate surface area is 178 Å². The van der Waals surface area contributed by atoms with Crippen molar-refractivity contribution in [2.75, 3.05) is 10.2 Å². The molecule has 1 N–H and O–H groups in total. The van der Waals surface area contributed by atoms with E-state index in [9.17, 15) is 14.0 Å². The Morgan fingerprint density at radius 3 is 2.17 bits per heavy atom. The largest absolute Gasteiger partial charge is 0.350 e. The van der Waals surface area contributed by atoms with Crippen LogP contribution in [0.1, 0.15) is 16.7 Å². The van der Waals surface area contributed by atoms with Crippen LogP contribution < -0.4 is 10.2 Å². The molecule has 150 valence electrons. The highest BCUT2D eigenvalue weighted by atomic mass is 35.5. The van der Waals surface area contributed by atoms with Crippen molar-refractivity contribution in [3.05, 3.63) is 100.0 Å². The molecule has 0 aromatic heterocycles. The van der Waals surface area contributed by atoms with Gasteiger partial charge in [-0.3, -0.25) is 9.59 Å². The Morgan fingerprint density at radius 1 is 0.867 bits per heavy atom. The average molecular weight is 421 g/mol. The summed E-state index contributed by atoms with van der Waals surface area (Å²) in [6, 6.07) is 17.9. The second kappa shape index (κ2) is 7.76. The molecule has 0 spiro atoms. The molecule has 6 heteroatoms. The molecule has 0 saturated heterocycles. The van der Waals surface area contributed by atoms with Gasteiger partial charge in [0, 0.05) is 10.7 Å². The molecule has 3 aromatic carbocycles. The van der Waals surface area contributed by atoms with Crippen molar-refractivity contribution in [3.8, 4) is 0 Å². The van der Waals surface area contributed by atoms with Gasteiger partial charge in [0.2, 0.25) is 0 Å². The summed E-state index contributed by atoms with van der Waals surface area (Å²) in [5.41, 5.74) is 3.84. The molecule has 0 unspecified atom stereocenters. The Morgan fingerprint density at radius 2 is 1.53 bits per heavy atom. The van der Waals surface area contributed by atoms with E-state index in [4.69, 9.17) is 11.6 Å². The zero-order valence-electron chi connectivity index (χ0n) is 16.4. The lowest BCUT2D eigenvalue weighted by Gasteiger charge is -2.15. The van der Waals surface area contributed by atoms with Gasteiger partial charge in [-0.15, -0.1) is 0 Å². The standard InChI is InChI=1S/C24H18ClFN2O2/c1-14-3-6-16(7-4-14)21-22(27-18-10-5-15(2)20(25)13-18)24(30)28(23(21)29)19-11-8-17(26)9-12-19/h3-13,27H,1-2H3. The van der Waals surface area contributed by atoms with Crippen LogP contribution in [0.4, 0.5) is 15.8 Å². The monoisotopic (exact) mass is 420 g/mol. The minimum atomic E-state index is -0.515. The molecule has 0 atom stereocenters. The number of aryl methyl sites for hydroxylation is 2. The van der Waals surface area contributed by atoms with Gasteiger partial charge in [0.25, 0.3) is 11.8 Å². The molecule has 0 saturated carbocycles. The molecule has 1 aliphatic heterocycles. The fourth-order valence-electron chi connectivity index (χ4n) is 3.27. The van der Waals surface area contributed by atoms with Gasteiger partial charge in [-0.1, -0.05) is 47.5 Å². The summed E-state index contributed by atoms with van der Waals surface area (Å²) in [7, 11) is 0. The number of imide groups is 1. The zero-order chi connectivity index (χ0) is 21.4. The topological polar surface area (TPSA) is 49.4 Å². The van der Waals surface area contributed by atoms with Crippen LogP contribution in [0.5, 0.6) is 0 Å². The molecule has 1 heterocycles. The normalized spacial score (nSPS) is 13.9. The number of hydrogen-bond donors (Lipinski definition) is 1. The van der Waals surface area contributed by atoms with Crippen LogP contribution in [0.15, 0.2) is 72.4 Å². The number of carbonyl (C=O) groups excluding carboxylic acids is 2. The molecule has 1 aliphatic rings. The van der Waals surface area contributed by atoms with E-state index in [0.29, 0.717) is 22.0 Å². The van der Waals surface area contributed by atoms with Crippen molar-refractivity contribution in [2.45, 2.75) is 13.8 Å². The zero-order valence-corrected chi connectivity index (χ0v) is 17.1. The minimum absolute atomic E-state index is 0.146. The van der Waals surface area contributed by atoms with Gasteiger partial charge in [0.05, 0.1) is 11.3 Å². The molecule has 4 nitrogen and oxygen atoms in total. The molecule has 30 heavy (non-hydrogen) atoms. The lowest BCUT2D eigenvalue weighted by Crippen LogP contribution is -2.32. The third-order valence-corrected chi connectivity index (χ3v) is 5.36. The van der Waals surface area contributed by atoms with Crippen LogP contribution >= 0.6 is 11.6 Å². The first-order valence-corrected chi connectivity index (χ1v) is 9.72. The first-order chi connectivity index (χ1) is 14.3. The third kappa shape index (κ3) is 3.60. The predicted molar refractivity (Wildman–Crippen MR) is 117 cm³/mol. The molecule has 3 aromatic rings. The van der Waals surface area contributed by atoms with Crippen molar-refractivity contribution in [2.24, 2.45) is 0 Å². The number of benzene rings is 3. The highest BCUT2D eigenvalue weighted by Gasteiger charge is 2.40. The first kappa shape index (κ1) is 19.9. The second-order valence-corrected chi connectivity index (χ2v) is 7.53. The van der Waals surface area contributed by atoms with E-state index in [1.807, 2.05) is 32.0 Å². The fourth-order valence-corrected chi connectivity index (χ4v) is 3.45. The molecule has 0 aliphatic carbocycles. The van der Waals surface area contributed by atoms with Crippen LogP contribution in [0.2, 0.25) is 5.02 Å². The van der Waals surface area contributed by atoms with Crippen molar-refractivity contribution in [3.63, 3.8) is 0 Å². The highest BCUT2D eigenvalue weighted by molar-refractivity contribution is 6.46. The van der Waals surface area contributed by atoms with Gasteiger partial charge < -0.3 is 5.32 Å². The van der Waals surface area contributed by atoms with Gasteiger partial charge >= 0.3 is 0 Å². The lowest BCUT2D eigenvalue weighted by atomic mass is 10.0. The van der Waals surface area contributed by atoms with Gasteiger partial charge in [-0.05, 0) is 61.4 Å². The molecule has 2 amide bonds. The number of carbonyl (C=O) groups is 2. The predicted octanol–water partition coefficient (Wildman–Crippen LogP) is 5.49. The van der Waals surface area contributed by atoms with Gasteiger partial charge in [-0.25, -0.2) is 9.29 Å². The molecular formula is C24H18ClFN2O2. The summed E-state index contributed by atoms with van der Waals surface area (Å²) in [6.45, 7) is 3.82. The minimum Gasteiger partial charge on any atom is -0.350 e. The highest BCUT2D eigenvalue weighted by Crippen LogP contribution is 2.34. The van der Waals surface area contributed by atoms with E-state index in [0.717, 1.165) is 16.0 Å². The summed E-state index contributed by atoms with van der Waals surface area (Å²) in [5, 5.41) is 3.62. The smallest absolute Gasteiger partial charge is 0.282 e. The molecular weight excluding hydrogens is 403 g/mol. The number of rotatable bonds is 4. The summed E-state index contributed by atoms with van der Waals surface area (Å²) in [6.07, 6.45) is 0. The van der Waals surface area contributed by atoms with Gasteiger partial charge in [-0.2, -0.15) is 0 Å². The SMILES string of the molecule is Cc1ccc(C2=C(Nc3ccc(C)c(Cl)c3)C(=O)N(c3ccc(F)cc3)C2=O)cc1. The van der Waals surface area contributed by atoms with Crippen molar-refractivity contribution < 1.29 is 14.0 Å².